The highest BCUT2D eigenvalue weighted by Gasteiger charge is 2.19. The van der Waals surface area contributed by atoms with Crippen molar-refractivity contribution in [1.29, 1.82) is 0 Å². The number of halogens is 1. The molecule has 0 atom stereocenters. The Morgan fingerprint density at radius 2 is 1.87 bits per heavy atom. The first-order chi connectivity index (χ1) is 11.1. The highest BCUT2D eigenvalue weighted by atomic mass is 35.5. The number of nitrogens with zero attached hydrogens (tertiary/aromatic N) is 5. The lowest BCUT2D eigenvalue weighted by Gasteiger charge is -2.35. The van der Waals surface area contributed by atoms with Crippen LogP contribution < -0.4 is 4.90 Å². The van der Waals surface area contributed by atoms with Crippen molar-refractivity contribution in [1.82, 2.24) is 19.9 Å². The summed E-state index contributed by atoms with van der Waals surface area (Å²) in [6.45, 7) is 8.94. The second-order valence-electron chi connectivity index (χ2n) is 5.85. The van der Waals surface area contributed by atoms with Gasteiger partial charge in [-0.15, -0.1) is 0 Å². The first-order valence-electron chi connectivity index (χ1n) is 8.06. The summed E-state index contributed by atoms with van der Waals surface area (Å²) in [7, 11) is 0. The molecule has 5 nitrogen and oxygen atoms in total. The summed E-state index contributed by atoms with van der Waals surface area (Å²) < 4.78 is 0. The van der Waals surface area contributed by atoms with Crippen LogP contribution in [0.2, 0.25) is 5.02 Å². The van der Waals surface area contributed by atoms with Gasteiger partial charge in [0, 0.05) is 50.7 Å². The number of aryl methyl sites for hydroxylation is 2. The largest absolute Gasteiger partial charge is 0.354 e. The third-order valence-corrected chi connectivity index (χ3v) is 4.33. The molecule has 3 heterocycles. The SMILES string of the molecule is CCc1cc(N2CCN(Cc3ccc(Cl)cn3)CC2)nc(C)n1. The minimum absolute atomic E-state index is 0.685. The quantitative estimate of drug-likeness (QED) is 0.862. The molecule has 0 aliphatic carbocycles. The minimum Gasteiger partial charge on any atom is -0.354 e. The first kappa shape index (κ1) is 16.1. The summed E-state index contributed by atoms with van der Waals surface area (Å²) in [5, 5.41) is 0.685. The molecule has 2 aromatic rings. The molecule has 1 aliphatic heterocycles. The monoisotopic (exact) mass is 331 g/mol. The Morgan fingerprint density at radius 3 is 2.52 bits per heavy atom. The van der Waals surface area contributed by atoms with Crippen LogP contribution in [0, 0.1) is 6.92 Å². The van der Waals surface area contributed by atoms with Crippen LogP contribution in [0.5, 0.6) is 0 Å². The molecule has 0 N–H and O–H groups in total. The van der Waals surface area contributed by atoms with E-state index in [2.05, 4.69) is 37.7 Å². The molecule has 0 aromatic carbocycles. The van der Waals surface area contributed by atoms with Crippen molar-refractivity contribution in [2.45, 2.75) is 26.8 Å². The number of piperazine rings is 1. The lowest BCUT2D eigenvalue weighted by atomic mass is 10.2. The maximum absolute atomic E-state index is 5.88. The van der Waals surface area contributed by atoms with E-state index in [-0.39, 0.29) is 0 Å². The van der Waals surface area contributed by atoms with Gasteiger partial charge in [-0.2, -0.15) is 0 Å². The summed E-state index contributed by atoms with van der Waals surface area (Å²) in [4.78, 5) is 18.2. The summed E-state index contributed by atoms with van der Waals surface area (Å²) in [6.07, 6.45) is 2.65. The number of hydrogen-bond donors (Lipinski definition) is 0. The van der Waals surface area contributed by atoms with Gasteiger partial charge in [-0.05, 0) is 25.5 Å². The Morgan fingerprint density at radius 1 is 1.09 bits per heavy atom. The van der Waals surface area contributed by atoms with Crippen LogP contribution in [0.1, 0.15) is 24.1 Å². The van der Waals surface area contributed by atoms with E-state index in [4.69, 9.17) is 11.6 Å². The lowest BCUT2D eigenvalue weighted by molar-refractivity contribution is 0.246. The zero-order valence-corrected chi connectivity index (χ0v) is 14.4. The standard InChI is InChI=1S/C17H22ClN5/c1-3-15-10-17(21-13(2)20-15)23-8-6-22(7-9-23)12-16-5-4-14(18)11-19-16/h4-5,10-11H,3,6-9,12H2,1-2H3. The van der Waals surface area contributed by atoms with Gasteiger partial charge in [-0.1, -0.05) is 18.5 Å². The fraction of sp³-hybridized carbons (Fsp3) is 0.471. The van der Waals surface area contributed by atoms with Gasteiger partial charge in [0.1, 0.15) is 11.6 Å². The van der Waals surface area contributed by atoms with Crippen molar-refractivity contribution in [3.05, 3.63) is 46.6 Å². The van der Waals surface area contributed by atoms with Gasteiger partial charge < -0.3 is 4.90 Å². The third-order valence-electron chi connectivity index (χ3n) is 4.11. The number of hydrogen-bond acceptors (Lipinski definition) is 5. The number of aromatic nitrogens is 3. The van der Waals surface area contributed by atoms with Gasteiger partial charge in [-0.3, -0.25) is 9.88 Å². The molecule has 0 spiro atoms. The highest BCUT2D eigenvalue weighted by Crippen LogP contribution is 2.17. The molecule has 0 amide bonds. The van der Waals surface area contributed by atoms with Crippen molar-refractivity contribution in [2.75, 3.05) is 31.1 Å². The molecule has 1 aliphatic rings. The van der Waals surface area contributed by atoms with Crippen LogP contribution in [0.25, 0.3) is 0 Å². The van der Waals surface area contributed by atoms with E-state index in [1.54, 1.807) is 6.20 Å². The maximum Gasteiger partial charge on any atom is 0.132 e. The molecule has 0 bridgehead atoms. The molecule has 1 fully saturated rings. The van der Waals surface area contributed by atoms with E-state index in [0.29, 0.717) is 5.02 Å². The van der Waals surface area contributed by atoms with Crippen LogP contribution in [0.4, 0.5) is 5.82 Å². The zero-order chi connectivity index (χ0) is 16.2. The molecule has 1 saturated heterocycles. The van der Waals surface area contributed by atoms with Crippen LogP contribution in [0.15, 0.2) is 24.4 Å². The van der Waals surface area contributed by atoms with Gasteiger partial charge in [0.15, 0.2) is 0 Å². The first-order valence-corrected chi connectivity index (χ1v) is 8.44. The van der Waals surface area contributed by atoms with Crippen molar-refractivity contribution in [3.8, 4) is 0 Å². The van der Waals surface area contributed by atoms with Crippen LogP contribution >= 0.6 is 11.6 Å². The minimum atomic E-state index is 0.685. The molecule has 122 valence electrons. The van der Waals surface area contributed by atoms with Crippen LogP contribution in [-0.2, 0) is 13.0 Å². The molecule has 0 saturated carbocycles. The Balaban J connectivity index is 1.60. The summed E-state index contributed by atoms with van der Waals surface area (Å²) >= 11 is 5.88. The Labute approximate surface area is 142 Å². The fourth-order valence-electron chi connectivity index (χ4n) is 2.82. The fourth-order valence-corrected chi connectivity index (χ4v) is 2.93. The van der Waals surface area contributed by atoms with Gasteiger partial charge in [0.2, 0.25) is 0 Å². The predicted molar refractivity (Wildman–Crippen MR) is 92.9 cm³/mol. The van der Waals surface area contributed by atoms with Crippen LogP contribution in [0.3, 0.4) is 0 Å². The average Bonchev–Trinajstić information content (AvgIpc) is 2.57. The van der Waals surface area contributed by atoms with E-state index >= 15 is 0 Å². The molecule has 23 heavy (non-hydrogen) atoms. The van der Waals surface area contributed by atoms with Gasteiger partial charge >= 0.3 is 0 Å². The Kier molecular flexibility index (Phi) is 5.08. The van der Waals surface area contributed by atoms with E-state index in [9.17, 15) is 0 Å². The van der Waals surface area contributed by atoms with Gasteiger partial charge in [0.05, 0.1) is 10.7 Å². The molecular weight excluding hydrogens is 310 g/mol. The number of pyridine rings is 1. The normalized spacial score (nSPS) is 15.9. The Hall–Kier alpha value is -1.72. The van der Waals surface area contributed by atoms with Crippen LogP contribution in [-0.4, -0.2) is 46.0 Å². The number of anilines is 1. The molecular formula is C17H22ClN5. The molecule has 2 aromatic heterocycles. The second-order valence-corrected chi connectivity index (χ2v) is 6.29. The molecule has 3 rings (SSSR count). The van der Waals surface area contributed by atoms with E-state index < -0.39 is 0 Å². The highest BCUT2D eigenvalue weighted by molar-refractivity contribution is 6.30. The Bertz CT molecular complexity index is 651. The summed E-state index contributed by atoms with van der Waals surface area (Å²) in [6, 6.07) is 6.01. The molecule has 0 unspecified atom stereocenters. The predicted octanol–water partition coefficient (Wildman–Crippen LogP) is 2.72. The maximum atomic E-state index is 5.88. The lowest BCUT2D eigenvalue weighted by Crippen LogP contribution is -2.46. The third kappa shape index (κ3) is 4.18. The van der Waals surface area contributed by atoms with Gasteiger partial charge in [0.25, 0.3) is 0 Å². The number of rotatable bonds is 4. The van der Waals surface area contributed by atoms with Crippen molar-refractivity contribution >= 4 is 17.4 Å². The van der Waals surface area contributed by atoms with Crippen molar-refractivity contribution < 1.29 is 0 Å². The smallest absolute Gasteiger partial charge is 0.132 e. The van der Waals surface area contributed by atoms with Crippen molar-refractivity contribution in [3.63, 3.8) is 0 Å². The molecule has 0 radical (unpaired) electrons. The van der Waals surface area contributed by atoms with Gasteiger partial charge in [-0.25, -0.2) is 9.97 Å². The van der Waals surface area contributed by atoms with Crippen molar-refractivity contribution in [2.24, 2.45) is 0 Å². The summed E-state index contributed by atoms with van der Waals surface area (Å²) in [5.41, 5.74) is 2.18. The average molecular weight is 332 g/mol. The van der Waals surface area contributed by atoms with E-state index in [1.165, 1.54) is 0 Å². The molecule has 6 heteroatoms. The topological polar surface area (TPSA) is 45.2 Å². The van der Waals surface area contributed by atoms with E-state index in [0.717, 1.165) is 62.2 Å². The second kappa shape index (κ2) is 7.23. The zero-order valence-electron chi connectivity index (χ0n) is 13.7. The van der Waals surface area contributed by atoms with E-state index in [1.807, 2.05) is 19.1 Å². The summed E-state index contributed by atoms with van der Waals surface area (Å²) in [5.74, 6) is 1.91.